The van der Waals surface area contributed by atoms with E-state index >= 15 is 0 Å². The fourth-order valence-electron chi connectivity index (χ4n) is 2.45. The number of aliphatic hydroxyl groups is 1. The third-order valence-corrected chi connectivity index (χ3v) is 3.60. The van der Waals surface area contributed by atoms with Crippen molar-refractivity contribution in [3.05, 3.63) is 0 Å². The maximum absolute atomic E-state index is 12.1. The average molecular weight is 300 g/mol. The molecule has 2 amide bonds. The van der Waals surface area contributed by atoms with E-state index < -0.39 is 0 Å². The summed E-state index contributed by atoms with van der Waals surface area (Å²) in [7, 11) is 0. The summed E-state index contributed by atoms with van der Waals surface area (Å²) in [5, 5.41) is 11.5. The zero-order valence-corrected chi connectivity index (χ0v) is 13.1. The topological polar surface area (TPSA) is 78.9 Å². The van der Waals surface area contributed by atoms with Crippen molar-refractivity contribution in [2.45, 2.75) is 33.1 Å². The molecule has 2 N–H and O–H groups in total. The van der Waals surface area contributed by atoms with Crippen LogP contribution in [0.5, 0.6) is 0 Å². The van der Waals surface area contributed by atoms with Crippen molar-refractivity contribution < 1.29 is 19.4 Å². The van der Waals surface area contributed by atoms with Crippen LogP contribution in [-0.2, 0) is 14.3 Å². The van der Waals surface area contributed by atoms with Gasteiger partial charge in [-0.25, -0.2) is 0 Å². The van der Waals surface area contributed by atoms with E-state index in [1.807, 2.05) is 18.7 Å². The van der Waals surface area contributed by atoms with Crippen LogP contribution in [0.2, 0.25) is 0 Å². The monoisotopic (exact) mass is 300 g/mol. The second kappa shape index (κ2) is 9.73. The molecular formula is C15H28N2O4. The molecule has 0 aromatic carbocycles. The number of hydrogen-bond donors (Lipinski definition) is 2. The molecule has 0 bridgehead atoms. The summed E-state index contributed by atoms with van der Waals surface area (Å²) >= 11 is 0. The lowest BCUT2D eigenvalue weighted by molar-refractivity contribution is -0.138. The number of carbonyl (C=O) groups excluding carboxylic acids is 2. The Morgan fingerprint density at radius 2 is 2.14 bits per heavy atom. The molecule has 21 heavy (non-hydrogen) atoms. The highest BCUT2D eigenvalue weighted by Gasteiger charge is 2.28. The number of likely N-dealkylation sites (tertiary alicyclic amines) is 1. The molecule has 1 atom stereocenters. The second-order valence-electron chi connectivity index (χ2n) is 5.76. The molecule has 0 aromatic heterocycles. The summed E-state index contributed by atoms with van der Waals surface area (Å²) in [5.74, 6) is 0.0404. The predicted octanol–water partition coefficient (Wildman–Crippen LogP) is 0.396. The van der Waals surface area contributed by atoms with Crippen LogP contribution < -0.4 is 5.32 Å². The minimum absolute atomic E-state index is 0.0181. The molecule has 6 heteroatoms. The van der Waals surface area contributed by atoms with E-state index in [2.05, 4.69) is 5.32 Å². The molecule has 6 nitrogen and oxygen atoms in total. The van der Waals surface area contributed by atoms with E-state index in [1.54, 1.807) is 0 Å². The first-order valence-corrected chi connectivity index (χ1v) is 7.81. The van der Waals surface area contributed by atoms with Gasteiger partial charge >= 0.3 is 0 Å². The SMILES string of the molecule is CC(C)C(=O)N1CCCC(C(=O)NCCCOCCO)C1. The number of amides is 2. The Bertz CT molecular complexity index is 334. The van der Waals surface area contributed by atoms with Crippen LogP contribution in [-0.4, -0.2) is 61.3 Å². The van der Waals surface area contributed by atoms with Crippen LogP contribution in [0, 0.1) is 11.8 Å². The molecule has 0 radical (unpaired) electrons. The predicted molar refractivity (Wildman–Crippen MR) is 79.7 cm³/mol. The maximum Gasteiger partial charge on any atom is 0.225 e. The Morgan fingerprint density at radius 3 is 2.81 bits per heavy atom. The third kappa shape index (κ3) is 6.44. The number of hydrogen-bond acceptors (Lipinski definition) is 4. The van der Waals surface area contributed by atoms with Crippen molar-refractivity contribution >= 4 is 11.8 Å². The van der Waals surface area contributed by atoms with E-state index in [-0.39, 0.29) is 30.3 Å². The molecule has 122 valence electrons. The summed E-state index contributed by atoms with van der Waals surface area (Å²) in [4.78, 5) is 25.9. The number of rotatable bonds is 8. The normalized spacial score (nSPS) is 18.9. The molecule has 1 fully saturated rings. The van der Waals surface area contributed by atoms with Gasteiger partial charge in [-0.2, -0.15) is 0 Å². The Hall–Kier alpha value is -1.14. The molecule has 0 aliphatic carbocycles. The van der Waals surface area contributed by atoms with Gasteiger partial charge in [0.25, 0.3) is 0 Å². The highest BCUT2D eigenvalue weighted by Crippen LogP contribution is 2.18. The third-order valence-electron chi connectivity index (χ3n) is 3.60. The smallest absolute Gasteiger partial charge is 0.225 e. The lowest BCUT2D eigenvalue weighted by atomic mass is 9.96. The van der Waals surface area contributed by atoms with Crippen LogP contribution in [0.3, 0.4) is 0 Å². The van der Waals surface area contributed by atoms with Gasteiger partial charge < -0.3 is 20.1 Å². The first-order valence-electron chi connectivity index (χ1n) is 7.81. The van der Waals surface area contributed by atoms with Crippen LogP contribution in [0.25, 0.3) is 0 Å². The first-order chi connectivity index (χ1) is 10.1. The van der Waals surface area contributed by atoms with Gasteiger partial charge in [0, 0.05) is 32.2 Å². The number of piperidine rings is 1. The van der Waals surface area contributed by atoms with E-state index in [9.17, 15) is 9.59 Å². The van der Waals surface area contributed by atoms with Crippen molar-refractivity contribution in [2.75, 3.05) is 39.5 Å². The lowest BCUT2D eigenvalue weighted by Crippen LogP contribution is -2.46. The number of nitrogens with zero attached hydrogens (tertiary/aromatic N) is 1. The molecule has 0 saturated carbocycles. The maximum atomic E-state index is 12.1. The van der Waals surface area contributed by atoms with Crippen molar-refractivity contribution in [3.8, 4) is 0 Å². The van der Waals surface area contributed by atoms with Crippen molar-refractivity contribution in [3.63, 3.8) is 0 Å². The van der Waals surface area contributed by atoms with Gasteiger partial charge in [-0.05, 0) is 19.3 Å². The first kappa shape index (κ1) is 17.9. The summed E-state index contributed by atoms with van der Waals surface area (Å²) in [5.41, 5.74) is 0. The Kier molecular flexibility index (Phi) is 8.30. The molecule has 0 spiro atoms. The Morgan fingerprint density at radius 1 is 1.38 bits per heavy atom. The molecular weight excluding hydrogens is 272 g/mol. The molecule has 1 heterocycles. The van der Waals surface area contributed by atoms with Crippen LogP contribution in [0.1, 0.15) is 33.1 Å². The zero-order valence-electron chi connectivity index (χ0n) is 13.1. The number of carbonyl (C=O) groups is 2. The number of aliphatic hydroxyl groups excluding tert-OH is 1. The van der Waals surface area contributed by atoms with E-state index in [4.69, 9.17) is 9.84 Å². The van der Waals surface area contributed by atoms with Gasteiger partial charge in [-0.15, -0.1) is 0 Å². The van der Waals surface area contributed by atoms with Gasteiger partial charge in [-0.1, -0.05) is 13.8 Å². The van der Waals surface area contributed by atoms with Crippen molar-refractivity contribution in [2.24, 2.45) is 11.8 Å². The minimum atomic E-state index is -0.0974. The largest absolute Gasteiger partial charge is 0.394 e. The molecule has 1 aliphatic heterocycles. The number of ether oxygens (including phenoxy) is 1. The average Bonchev–Trinajstić information content (AvgIpc) is 2.49. The minimum Gasteiger partial charge on any atom is -0.394 e. The summed E-state index contributed by atoms with van der Waals surface area (Å²) in [6.07, 6.45) is 2.46. The van der Waals surface area contributed by atoms with Gasteiger partial charge in [0.05, 0.1) is 19.1 Å². The molecule has 1 unspecified atom stereocenters. The van der Waals surface area contributed by atoms with Gasteiger partial charge in [-0.3, -0.25) is 9.59 Å². The summed E-state index contributed by atoms with van der Waals surface area (Å²) in [6, 6.07) is 0. The fraction of sp³-hybridized carbons (Fsp3) is 0.867. The van der Waals surface area contributed by atoms with E-state index in [0.717, 1.165) is 25.8 Å². The zero-order chi connectivity index (χ0) is 15.7. The van der Waals surface area contributed by atoms with Crippen molar-refractivity contribution in [1.82, 2.24) is 10.2 Å². The van der Waals surface area contributed by atoms with Gasteiger partial charge in [0.2, 0.25) is 11.8 Å². The standard InChI is InChI=1S/C15H28N2O4/c1-12(2)15(20)17-7-3-5-13(11-17)14(19)16-6-4-9-21-10-8-18/h12-13,18H,3-11H2,1-2H3,(H,16,19). The van der Waals surface area contributed by atoms with Gasteiger partial charge in [0.15, 0.2) is 0 Å². The fourth-order valence-corrected chi connectivity index (χ4v) is 2.45. The van der Waals surface area contributed by atoms with Crippen LogP contribution in [0.4, 0.5) is 0 Å². The molecule has 1 rings (SSSR count). The number of nitrogens with one attached hydrogen (secondary N) is 1. The molecule has 1 saturated heterocycles. The summed E-state index contributed by atoms with van der Waals surface area (Å²) < 4.78 is 5.13. The van der Waals surface area contributed by atoms with Gasteiger partial charge in [0.1, 0.15) is 0 Å². The lowest BCUT2D eigenvalue weighted by Gasteiger charge is -2.33. The Balaban J connectivity index is 2.25. The second-order valence-corrected chi connectivity index (χ2v) is 5.76. The van der Waals surface area contributed by atoms with Crippen molar-refractivity contribution in [1.29, 1.82) is 0 Å². The quantitative estimate of drug-likeness (QED) is 0.636. The van der Waals surface area contributed by atoms with E-state index in [0.29, 0.717) is 26.3 Å². The van der Waals surface area contributed by atoms with Crippen LogP contribution >= 0.6 is 0 Å². The Labute approximate surface area is 126 Å². The highest BCUT2D eigenvalue weighted by molar-refractivity contribution is 5.82. The molecule has 1 aliphatic rings. The van der Waals surface area contributed by atoms with E-state index in [1.165, 1.54) is 0 Å². The highest BCUT2D eigenvalue weighted by atomic mass is 16.5. The summed E-state index contributed by atoms with van der Waals surface area (Å²) in [6.45, 7) is 6.52. The molecule has 0 aromatic rings. The van der Waals surface area contributed by atoms with Crippen LogP contribution in [0.15, 0.2) is 0 Å².